The third-order valence-electron chi connectivity index (χ3n) is 8.07. The first-order chi connectivity index (χ1) is 20.1. The SMILES string of the molecule is CCOc1cc(CN2CCC3(CC2)CC(=O)N(c2ccc(C(=O)O)cc2)C3)cc(OCC)c1-c1cc(F)c(F)c(F)c1. The molecule has 42 heavy (non-hydrogen) atoms. The number of amides is 1. The number of carboxylic acid groups (broad SMARTS) is 1. The summed E-state index contributed by atoms with van der Waals surface area (Å²) < 4.78 is 53.6. The topological polar surface area (TPSA) is 79.3 Å². The Kier molecular flexibility index (Phi) is 8.45. The minimum atomic E-state index is -1.53. The molecular weight excluding hydrogens is 549 g/mol. The molecule has 3 aromatic carbocycles. The number of nitrogens with zero attached hydrogens (tertiary/aromatic N) is 2. The number of anilines is 1. The van der Waals surface area contributed by atoms with Gasteiger partial charge in [0.2, 0.25) is 5.91 Å². The van der Waals surface area contributed by atoms with E-state index in [0.29, 0.717) is 55.5 Å². The Bertz CT molecular complexity index is 1440. The van der Waals surface area contributed by atoms with Crippen LogP contribution in [-0.4, -0.2) is 54.7 Å². The van der Waals surface area contributed by atoms with Gasteiger partial charge in [0.1, 0.15) is 11.5 Å². The lowest BCUT2D eigenvalue weighted by atomic mass is 9.77. The summed E-state index contributed by atoms with van der Waals surface area (Å²) >= 11 is 0. The van der Waals surface area contributed by atoms with E-state index in [1.807, 2.05) is 12.1 Å². The second-order valence-electron chi connectivity index (χ2n) is 10.9. The number of likely N-dealkylation sites (tertiary alicyclic amines) is 1. The maximum atomic E-state index is 14.1. The number of piperidine rings is 1. The molecular formula is C32H33F3N2O5. The van der Waals surface area contributed by atoms with E-state index in [0.717, 1.165) is 43.6 Å². The number of rotatable bonds is 9. The fraction of sp³-hybridized carbons (Fsp3) is 0.375. The Morgan fingerprint density at radius 1 is 0.929 bits per heavy atom. The summed E-state index contributed by atoms with van der Waals surface area (Å²) in [6.45, 7) is 6.94. The Balaban J connectivity index is 1.32. The molecule has 7 nitrogen and oxygen atoms in total. The first-order valence-corrected chi connectivity index (χ1v) is 14.1. The number of hydrogen-bond donors (Lipinski definition) is 1. The molecule has 2 aliphatic heterocycles. The first-order valence-electron chi connectivity index (χ1n) is 14.1. The van der Waals surface area contributed by atoms with E-state index in [9.17, 15) is 22.8 Å². The van der Waals surface area contributed by atoms with Gasteiger partial charge in [0.25, 0.3) is 0 Å². The molecule has 222 valence electrons. The largest absolute Gasteiger partial charge is 0.493 e. The standard InChI is InChI=1S/C32H33F3N2O5/c1-3-41-26-13-20(14-27(42-4-2)29(26)22-15-24(33)30(35)25(34)16-22)18-36-11-9-32(10-12-36)17-28(38)37(19-32)23-7-5-21(6-8-23)31(39)40/h5-8,13-16H,3-4,9-12,17-19H2,1-2H3,(H,39,40). The van der Waals surface area contributed by atoms with E-state index < -0.39 is 23.4 Å². The van der Waals surface area contributed by atoms with E-state index in [1.54, 1.807) is 30.9 Å². The minimum Gasteiger partial charge on any atom is -0.493 e. The molecule has 2 aliphatic rings. The third-order valence-corrected chi connectivity index (χ3v) is 8.07. The normalized spacial score (nSPS) is 16.7. The van der Waals surface area contributed by atoms with E-state index in [2.05, 4.69) is 4.90 Å². The average molecular weight is 583 g/mol. The van der Waals surface area contributed by atoms with Crippen LogP contribution in [-0.2, 0) is 11.3 Å². The van der Waals surface area contributed by atoms with E-state index >= 15 is 0 Å². The van der Waals surface area contributed by atoms with Crippen LogP contribution in [0.1, 0.15) is 49.0 Å². The van der Waals surface area contributed by atoms with Gasteiger partial charge in [-0.15, -0.1) is 0 Å². The van der Waals surface area contributed by atoms with Crippen molar-refractivity contribution in [1.29, 1.82) is 0 Å². The smallest absolute Gasteiger partial charge is 0.335 e. The van der Waals surface area contributed by atoms with Crippen molar-refractivity contribution in [2.24, 2.45) is 5.41 Å². The number of carboxylic acids is 1. The number of aromatic carboxylic acids is 1. The second kappa shape index (κ2) is 12.1. The highest BCUT2D eigenvalue weighted by Gasteiger charge is 2.45. The van der Waals surface area contributed by atoms with Crippen LogP contribution in [0.2, 0.25) is 0 Å². The quantitative estimate of drug-likeness (QED) is 0.299. The van der Waals surface area contributed by atoms with E-state index in [4.69, 9.17) is 14.6 Å². The molecule has 10 heteroatoms. The molecule has 1 spiro atoms. The summed E-state index contributed by atoms with van der Waals surface area (Å²) in [4.78, 5) is 28.2. The van der Waals surface area contributed by atoms with Crippen molar-refractivity contribution in [3.8, 4) is 22.6 Å². The van der Waals surface area contributed by atoms with Crippen LogP contribution in [0.3, 0.4) is 0 Å². The van der Waals surface area contributed by atoms with Gasteiger partial charge in [-0.05, 0) is 105 Å². The average Bonchev–Trinajstić information content (AvgIpc) is 3.28. The summed E-state index contributed by atoms with van der Waals surface area (Å²) in [6, 6.07) is 11.9. The van der Waals surface area contributed by atoms with Gasteiger partial charge in [-0.3, -0.25) is 9.69 Å². The molecule has 0 aromatic heterocycles. The monoisotopic (exact) mass is 582 g/mol. The Labute approximate surface area is 242 Å². The van der Waals surface area contributed by atoms with Crippen molar-refractivity contribution in [2.75, 3.05) is 37.7 Å². The Morgan fingerprint density at radius 2 is 1.50 bits per heavy atom. The van der Waals surface area contributed by atoms with Crippen molar-refractivity contribution in [2.45, 2.75) is 39.7 Å². The lowest BCUT2D eigenvalue weighted by molar-refractivity contribution is -0.118. The molecule has 2 heterocycles. The van der Waals surface area contributed by atoms with Gasteiger partial charge in [0.15, 0.2) is 17.5 Å². The summed E-state index contributed by atoms with van der Waals surface area (Å²) in [5, 5.41) is 9.16. The van der Waals surface area contributed by atoms with Crippen LogP contribution in [0.15, 0.2) is 48.5 Å². The Hall–Kier alpha value is -4.05. The van der Waals surface area contributed by atoms with Gasteiger partial charge in [-0.25, -0.2) is 18.0 Å². The highest BCUT2D eigenvalue weighted by Crippen LogP contribution is 2.44. The van der Waals surface area contributed by atoms with Crippen LogP contribution in [0, 0.1) is 22.9 Å². The third kappa shape index (κ3) is 5.94. The Morgan fingerprint density at radius 3 is 2.02 bits per heavy atom. The summed E-state index contributed by atoms with van der Waals surface area (Å²) in [7, 11) is 0. The van der Waals surface area contributed by atoms with Gasteiger partial charge >= 0.3 is 5.97 Å². The minimum absolute atomic E-state index is 0.0403. The predicted octanol–water partition coefficient (Wildman–Crippen LogP) is 6.29. The molecule has 0 saturated carbocycles. The molecule has 2 fully saturated rings. The van der Waals surface area contributed by atoms with Crippen LogP contribution in [0.5, 0.6) is 11.5 Å². The van der Waals surface area contributed by atoms with Crippen LogP contribution >= 0.6 is 0 Å². The molecule has 0 radical (unpaired) electrons. The maximum Gasteiger partial charge on any atom is 0.335 e. The number of halogens is 3. The molecule has 0 aliphatic carbocycles. The number of benzene rings is 3. The van der Waals surface area contributed by atoms with Gasteiger partial charge in [0, 0.05) is 25.2 Å². The molecule has 0 unspecified atom stereocenters. The lowest BCUT2D eigenvalue weighted by Crippen LogP contribution is -2.41. The molecule has 5 rings (SSSR count). The van der Waals surface area contributed by atoms with E-state index in [-0.39, 0.29) is 22.4 Å². The molecule has 1 N–H and O–H groups in total. The van der Waals surface area contributed by atoms with Crippen LogP contribution < -0.4 is 14.4 Å². The van der Waals surface area contributed by atoms with Gasteiger partial charge in [0.05, 0.1) is 24.3 Å². The summed E-state index contributed by atoms with van der Waals surface area (Å²) in [6.07, 6.45) is 2.10. The molecule has 0 bridgehead atoms. The molecule has 0 atom stereocenters. The van der Waals surface area contributed by atoms with E-state index in [1.165, 1.54) is 12.1 Å². The fourth-order valence-electron chi connectivity index (χ4n) is 5.95. The highest BCUT2D eigenvalue weighted by atomic mass is 19.2. The van der Waals surface area contributed by atoms with Crippen LogP contribution in [0.25, 0.3) is 11.1 Å². The number of ether oxygens (including phenoxy) is 2. The van der Waals surface area contributed by atoms with Crippen LogP contribution in [0.4, 0.5) is 18.9 Å². The maximum absolute atomic E-state index is 14.1. The van der Waals surface area contributed by atoms with Gasteiger partial charge in [-0.1, -0.05) is 0 Å². The second-order valence-corrected chi connectivity index (χ2v) is 10.9. The summed E-state index contributed by atoms with van der Waals surface area (Å²) in [5.41, 5.74) is 2.12. The first kappa shape index (κ1) is 29.4. The molecule has 3 aromatic rings. The zero-order chi connectivity index (χ0) is 30.0. The van der Waals surface area contributed by atoms with Crippen molar-refractivity contribution >= 4 is 17.6 Å². The van der Waals surface area contributed by atoms with Crippen molar-refractivity contribution in [3.05, 3.63) is 77.1 Å². The van der Waals surface area contributed by atoms with Gasteiger partial charge in [-0.2, -0.15) is 0 Å². The summed E-state index contributed by atoms with van der Waals surface area (Å²) in [5.74, 6) is -4.29. The lowest BCUT2D eigenvalue weighted by Gasteiger charge is -2.39. The molecule has 2 saturated heterocycles. The number of hydrogen-bond acceptors (Lipinski definition) is 5. The van der Waals surface area contributed by atoms with Gasteiger partial charge < -0.3 is 19.5 Å². The zero-order valence-electron chi connectivity index (χ0n) is 23.6. The van der Waals surface area contributed by atoms with Crippen molar-refractivity contribution in [3.63, 3.8) is 0 Å². The number of carbonyl (C=O) groups is 2. The fourth-order valence-corrected chi connectivity index (χ4v) is 5.95. The number of carbonyl (C=O) groups excluding carboxylic acids is 1. The predicted molar refractivity (Wildman–Crippen MR) is 151 cm³/mol. The highest BCUT2D eigenvalue weighted by molar-refractivity contribution is 5.97. The van der Waals surface area contributed by atoms with Crippen molar-refractivity contribution < 1.29 is 37.3 Å². The zero-order valence-corrected chi connectivity index (χ0v) is 23.6. The molecule has 1 amide bonds. The van der Waals surface area contributed by atoms with Crippen molar-refractivity contribution in [1.82, 2.24) is 4.90 Å².